The van der Waals surface area contributed by atoms with Crippen LogP contribution in [0, 0.1) is 16.4 Å². The number of urea groups is 1. The van der Waals surface area contributed by atoms with Crippen molar-refractivity contribution in [3.8, 4) is 11.8 Å². The van der Waals surface area contributed by atoms with Crippen molar-refractivity contribution in [1.29, 1.82) is 0 Å². The number of hydrogen-bond donors (Lipinski definition) is 5. The lowest BCUT2D eigenvalue weighted by Gasteiger charge is -2.30. The number of aryl methyl sites for hydroxylation is 1. The number of nitrogens with zero attached hydrogens (tertiary/aromatic N) is 5. The molecule has 1 aliphatic rings. The van der Waals surface area contributed by atoms with Gasteiger partial charge < -0.3 is 29.5 Å². The summed E-state index contributed by atoms with van der Waals surface area (Å²) in [6.07, 6.45) is -0.226. The number of methoxy groups -OCH3 is 1. The summed E-state index contributed by atoms with van der Waals surface area (Å²) < 4.78 is 42.0. The number of amides is 2. The highest BCUT2D eigenvalue weighted by molar-refractivity contribution is 14.1. The first kappa shape index (κ1) is 52.1. The highest BCUT2D eigenvalue weighted by atomic mass is 127. The first-order valence-electron chi connectivity index (χ1n) is 17.5. The molecule has 5 N–H and O–H groups in total. The molecule has 63 heavy (non-hydrogen) atoms. The number of nitrogens with one attached hydrogen (secondary N) is 2. The molecule has 5 rings (SSSR count). The number of sulfonamides is 1. The standard InChI is InChI=1S/C13H12IN5O6S.C12H10Cl2N2O4.C12H14Cl2O3/c1-6-15-11(18-13(16-6)25-2)17-12(22)19-26(23,24)9-5-7(14)3-4-8(9)10(20)21;1-12(11(19)20)5-8(10(17)18)15-16(12)9-3-2-6(13)4-7(9)14;1-8(2)6-17-12(15)7-16-11-4-3-9(13)5-10(11)14/h3-5H,1-2H3,(H,20,21)(H2,15,16,17,18,19,22);2-4H,5H2,1H3,(H,17,18)(H,19,20);3-5,8H,6-7H2,1-2H3. The normalized spacial score (nSPS) is 14.2. The van der Waals surface area contributed by atoms with Crippen molar-refractivity contribution in [2.24, 2.45) is 11.0 Å². The zero-order valence-corrected chi connectivity index (χ0v) is 39.4. The van der Waals surface area contributed by atoms with Crippen LogP contribution in [-0.2, 0) is 29.1 Å². The van der Waals surface area contributed by atoms with E-state index < -0.39 is 55.9 Å². The molecular weight excluding hydrogens is 1050 g/mol. The highest BCUT2D eigenvalue weighted by Crippen LogP contribution is 2.38. The maximum atomic E-state index is 12.4. The lowest BCUT2D eigenvalue weighted by molar-refractivity contribution is -0.147. The second kappa shape index (κ2) is 22.9. The molecule has 4 aromatic rings. The third-order valence-corrected chi connectivity index (χ3v) is 10.8. The largest absolute Gasteiger partial charge is 0.480 e. The number of carbonyl (C=O) groups is 5. The van der Waals surface area contributed by atoms with Crippen LogP contribution in [0.25, 0.3) is 0 Å². The zero-order chi connectivity index (χ0) is 47.4. The van der Waals surface area contributed by atoms with Gasteiger partial charge >= 0.3 is 35.9 Å². The summed E-state index contributed by atoms with van der Waals surface area (Å²) in [5.41, 5.74) is -1.92. The van der Waals surface area contributed by atoms with Gasteiger partial charge in [-0.1, -0.05) is 60.3 Å². The first-order chi connectivity index (χ1) is 29.4. The summed E-state index contributed by atoms with van der Waals surface area (Å²) >= 11 is 25.3. The quantitative estimate of drug-likeness (QED) is 0.0661. The van der Waals surface area contributed by atoms with E-state index in [1.54, 1.807) is 22.9 Å². The van der Waals surface area contributed by atoms with Crippen LogP contribution in [0.3, 0.4) is 0 Å². The van der Waals surface area contributed by atoms with Gasteiger partial charge in [-0.2, -0.15) is 20.1 Å². The molecule has 0 spiro atoms. The summed E-state index contributed by atoms with van der Waals surface area (Å²) in [5.74, 6) is -3.59. The summed E-state index contributed by atoms with van der Waals surface area (Å²) in [4.78, 5) is 67.8. The molecule has 1 atom stereocenters. The van der Waals surface area contributed by atoms with Crippen molar-refractivity contribution in [2.45, 2.75) is 44.6 Å². The Labute approximate surface area is 393 Å². The third kappa shape index (κ3) is 15.2. The molecule has 3 aromatic carbocycles. The molecule has 0 radical (unpaired) electrons. The van der Waals surface area contributed by atoms with Crippen LogP contribution in [0.1, 0.15) is 43.4 Å². The molecule has 0 saturated carbocycles. The van der Waals surface area contributed by atoms with E-state index in [0.29, 0.717) is 36.9 Å². The molecule has 0 aliphatic carbocycles. The van der Waals surface area contributed by atoms with Crippen LogP contribution in [0.2, 0.25) is 20.1 Å². The van der Waals surface area contributed by atoms with Gasteiger partial charge in [0.05, 0.1) is 35.0 Å². The Morgan fingerprint density at radius 2 is 1.54 bits per heavy atom. The number of aliphatic carboxylic acids is 2. The van der Waals surface area contributed by atoms with E-state index in [9.17, 15) is 37.5 Å². The lowest BCUT2D eigenvalue weighted by Crippen LogP contribution is -2.47. The molecule has 26 heteroatoms. The van der Waals surface area contributed by atoms with Crippen LogP contribution < -0.4 is 24.5 Å². The number of hydrogen-bond acceptors (Lipinski definition) is 15. The van der Waals surface area contributed by atoms with Gasteiger partial charge in [0.1, 0.15) is 22.2 Å². The molecule has 338 valence electrons. The number of rotatable bonds is 13. The highest BCUT2D eigenvalue weighted by Gasteiger charge is 2.48. The number of carbonyl (C=O) groups excluding carboxylic acids is 2. The van der Waals surface area contributed by atoms with Gasteiger partial charge in [0.25, 0.3) is 10.0 Å². The molecule has 0 fully saturated rings. The van der Waals surface area contributed by atoms with E-state index in [1.165, 1.54) is 45.2 Å². The van der Waals surface area contributed by atoms with Gasteiger partial charge in [-0.15, -0.1) is 0 Å². The van der Waals surface area contributed by atoms with Crippen LogP contribution in [0.5, 0.6) is 11.8 Å². The number of aromatic nitrogens is 3. The fraction of sp³-hybridized carbons (Fsp3) is 0.270. The lowest BCUT2D eigenvalue weighted by atomic mass is 9.95. The smallest absolute Gasteiger partial charge is 0.352 e. The van der Waals surface area contributed by atoms with E-state index in [0.717, 1.165) is 17.1 Å². The van der Waals surface area contributed by atoms with E-state index in [4.69, 9.17) is 70.8 Å². The molecule has 2 amide bonds. The van der Waals surface area contributed by atoms with E-state index in [2.05, 4.69) is 25.4 Å². The molecule has 2 heterocycles. The number of hydrazone groups is 1. The van der Waals surface area contributed by atoms with Crippen LogP contribution in [0.4, 0.5) is 16.4 Å². The summed E-state index contributed by atoms with van der Waals surface area (Å²) in [5, 5.41) is 36.1. The Kier molecular flexibility index (Phi) is 18.9. The minimum absolute atomic E-state index is 0.0681. The summed E-state index contributed by atoms with van der Waals surface area (Å²) in [7, 11) is -3.14. The second-order valence-corrected chi connectivity index (χ2v) is 17.7. The Morgan fingerprint density at radius 3 is 2.10 bits per heavy atom. The monoisotopic (exact) mass is 1080 g/mol. The Morgan fingerprint density at radius 1 is 0.905 bits per heavy atom. The Bertz CT molecular complexity index is 2540. The number of esters is 1. The maximum absolute atomic E-state index is 12.4. The minimum Gasteiger partial charge on any atom is -0.480 e. The van der Waals surface area contributed by atoms with E-state index in [1.807, 2.05) is 36.4 Å². The van der Waals surface area contributed by atoms with Gasteiger partial charge in [0.2, 0.25) is 5.95 Å². The Balaban J connectivity index is 0.000000258. The molecule has 1 aliphatic heterocycles. The number of anilines is 2. The third-order valence-electron chi connectivity index (χ3n) is 7.69. The number of carboxylic acids is 3. The number of benzene rings is 3. The summed E-state index contributed by atoms with van der Waals surface area (Å²) in [6, 6.07) is 11.7. The predicted molar refractivity (Wildman–Crippen MR) is 239 cm³/mol. The topological polar surface area (TPSA) is 286 Å². The van der Waals surface area contributed by atoms with E-state index >= 15 is 0 Å². The second-order valence-electron chi connectivity index (χ2n) is 13.2. The zero-order valence-electron chi connectivity index (χ0n) is 33.4. The van der Waals surface area contributed by atoms with Crippen molar-refractivity contribution in [1.82, 2.24) is 19.7 Å². The first-order valence-corrected chi connectivity index (χ1v) is 21.6. The van der Waals surface area contributed by atoms with Gasteiger partial charge in [0, 0.05) is 20.0 Å². The van der Waals surface area contributed by atoms with Crippen LogP contribution in [0.15, 0.2) is 64.6 Å². The van der Waals surface area contributed by atoms with Crippen LogP contribution in [-0.4, -0.2) is 100 Å². The predicted octanol–water partition coefficient (Wildman–Crippen LogP) is 7.06. The molecule has 1 unspecified atom stereocenters. The van der Waals surface area contributed by atoms with Gasteiger partial charge in [-0.05, 0) is 97.0 Å². The fourth-order valence-electron chi connectivity index (χ4n) is 4.76. The average Bonchev–Trinajstić information content (AvgIpc) is 3.55. The van der Waals surface area contributed by atoms with Gasteiger partial charge in [-0.25, -0.2) is 42.1 Å². The molecule has 20 nitrogen and oxygen atoms in total. The number of ether oxygens (including phenoxy) is 3. The van der Waals surface area contributed by atoms with Crippen molar-refractivity contribution in [3.63, 3.8) is 0 Å². The number of carboxylic acid groups (broad SMARTS) is 3. The Hall–Kier alpha value is -5.27. The van der Waals surface area contributed by atoms with Gasteiger partial charge in [-0.3, -0.25) is 5.32 Å². The molecule has 0 saturated heterocycles. The van der Waals surface area contributed by atoms with Gasteiger partial charge in [0.15, 0.2) is 12.1 Å². The fourth-order valence-corrected chi connectivity index (χ4v) is 7.54. The van der Waals surface area contributed by atoms with E-state index in [-0.39, 0.29) is 47.2 Å². The van der Waals surface area contributed by atoms with Crippen LogP contribution >= 0.6 is 69.0 Å². The van der Waals surface area contributed by atoms with Crippen molar-refractivity contribution in [3.05, 3.63) is 89.6 Å². The average molecular weight is 1090 g/mol. The molecule has 1 aromatic heterocycles. The SMILES string of the molecule is CC(C)COC(=O)COc1ccc(Cl)cc1Cl.CC1(C(=O)O)CC(C(=O)O)=NN1c1ccc(Cl)cc1Cl.COc1nc(C)nc(NC(=O)NS(=O)(=O)c2cc(I)ccc2C(=O)O)n1. The number of aromatic carboxylic acids is 1. The maximum Gasteiger partial charge on any atom is 0.352 e. The molecule has 0 bridgehead atoms. The van der Waals surface area contributed by atoms with Crippen molar-refractivity contribution < 1.29 is 61.9 Å². The molecular formula is C37H36Cl4IN7O13S. The van der Waals surface area contributed by atoms with Crippen molar-refractivity contribution >= 4 is 126 Å². The summed E-state index contributed by atoms with van der Waals surface area (Å²) in [6.45, 7) is 7.06. The minimum atomic E-state index is -4.45. The van der Waals surface area contributed by atoms with Crippen molar-refractivity contribution in [2.75, 3.05) is 30.6 Å². The number of halogens is 5.